The molecule has 2 aromatic carbocycles. The molecule has 216 valence electrons. The summed E-state index contributed by atoms with van der Waals surface area (Å²) in [6, 6.07) is 16.9. The monoisotopic (exact) mass is 676 g/mol. The first kappa shape index (κ1) is 29.7. The number of halogens is 1. The SMILES string of the molecule is Br.COc1ccc(C2CC(c3cccs3)=NN2c2nc(-c3ccc(S(=O)(=O)N4CCOCC4)cc3)cs2)cc1OC. The van der Waals surface area contributed by atoms with Gasteiger partial charge in [0.2, 0.25) is 15.2 Å². The minimum Gasteiger partial charge on any atom is -0.493 e. The van der Waals surface area contributed by atoms with Gasteiger partial charge < -0.3 is 14.2 Å². The van der Waals surface area contributed by atoms with Crippen molar-refractivity contribution in [2.75, 3.05) is 45.5 Å². The Morgan fingerprint density at radius 1 is 0.976 bits per heavy atom. The molecule has 2 aromatic heterocycles. The molecule has 2 aliphatic heterocycles. The normalized spacial score (nSPS) is 17.7. The fourth-order valence-corrected chi connectivity index (χ4v) is 7.80. The van der Waals surface area contributed by atoms with Gasteiger partial charge in [-0.25, -0.2) is 18.4 Å². The fraction of sp³-hybridized carbons (Fsp3) is 0.286. The zero-order chi connectivity index (χ0) is 27.7. The minimum absolute atomic E-state index is 0. The van der Waals surface area contributed by atoms with Crippen molar-refractivity contribution in [3.63, 3.8) is 0 Å². The van der Waals surface area contributed by atoms with Crippen molar-refractivity contribution < 1.29 is 22.6 Å². The lowest BCUT2D eigenvalue weighted by atomic mass is 10.0. The maximum Gasteiger partial charge on any atom is 0.243 e. The Kier molecular flexibility index (Phi) is 9.12. The summed E-state index contributed by atoms with van der Waals surface area (Å²) in [4.78, 5) is 6.32. The van der Waals surface area contributed by atoms with Crippen LogP contribution in [0.25, 0.3) is 11.3 Å². The summed E-state index contributed by atoms with van der Waals surface area (Å²) in [6.07, 6.45) is 0.721. The molecule has 1 atom stereocenters. The number of aromatic nitrogens is 1. The van der Waals surface area contributed by atoms with Crippen LogP contribution in [0.5, 0.6) is 11.5 Å². The number of methoxy groups -OCH3 is 2. The average Bonchev–Trinajstić information content (AvgIpc) is 3.78. The number of morpholine rings is 1. The van der Waals surface area contributed by atoms with Gasteiger partial charge in [0.25, 0.3) is 0 Å². The van der Waals surface area contributed by atoms with Gasteiger partial charge in [-0.1, -0.05) is 24.3 Å². The quantitative estimate of drug-likeness (QED) is 0.231. The third-order valence-electron chi connectivity index (χ3n) is 6.95. The number of rotatable bonds is 8. The first-order chi connectivity index (χ1) is 19.5. The molecule has 0 bridgehead atoms. The second-order valence-corrected chi connectivity index (χ2v) is 13.0. The zero-order valence-electron chi connectivity index (χ0n) is 22.4. The highest BCUT2D eigenvalue weighted by molar-refractivity contribution is 8.93. The van der Waals surface area contributed by atoms with E-state index >= 15 is 0 Å². The number of anilines is 1. The molecule has 0 spiro atoms. The number of hydrazone groups is 1. The Morgan fingerprint density at radius 3 is 2.41 bits per heavy atom. The van der Waals surface area contributed by atoms with Crippen LogP contribution in [0.15, 0.2) is 75.4 Å². The van der Waals surface area contributed by atoms with Crippen molar-refractivity contribution in [1.29, 1.82) is 0 Å². The molecule has 4 aromatic rings. The summed E-state index contributed by atoms with van der Waals surface area (Å²) < 4.78 is 43.8. The van der Waals surface area contributed by atoms with Gasteiger partial charge in [-0.05, 0) is 41.3 Å². The predicted molar refractivity (Wildman–Crippen MR) is 168 cm³/mol. The van der Waals surface area contributed by atoms with Crippen LogP contribution in [0.2, 0.25) is 0 Å². The number of sulfonamides is 1. The maximum atomic E-state index is 13.0. The molecule has 2 aliphatic rings. The lowest BCUT2D eigenvalue weighted by Gasteiger charge is -2.26. The van der Waals surface area contributed by atoms with Gasteiger partial charge in [-0.2, -0.15) is 9.41 Å². The van der Waals surface area contributed by atoms with Crippen LogP contribution in [0, 0.1) is 0 Å². The first-order valence-electron chi connectivity index (χ1n) is 12.7. The maximum absolute atomic E-state index is 13.0. The van der Waals surface area contributed by atoms with Gasteiger partial charge in [-0.15, -0.1) is 39.7 Å². The van der Waals surface area contributed by atoms with Crippen LogP contribution in [0.4, 0.5) is 5.13 Å². The molecular weight excluding hydrogens is 648 g/mol. The summed E-state index contributed by atoms with van der Waals surface area (Å²) in [5.74, 6) is 1.34. The molecule has 0 amide bonds. The number of hydrogen-bond acceptors (Lipinski definition) is 10. The lowest BCUT2D eigenvalue weighted by Crippen LogP contribution is -2.40. The molecule has 9 nitrogen and oxygen atoms in total. The highest BCUT2D eigenvalue weighted by atomic mass is 79.9. The van der Waals surface area contributed by atoms with E-state index in [1.165, 1.54) is 15.6 Å². The van der Waals surface area contributed by atoms with E-state index in [1.807, 2.05) is 46.8 Å². The second kappa shape index (κ2) is 12.6. The molecule has 1 saturated heterocycles. The van der Waals surface area contributed by atoms with Crippen LogP contribution >= 0.6 is 39.7 Å². The van der Waals surface area contributed by atoms with E-state index in [2.05, 4.69) is 11.4 Å². The van der Waals surface area contributed by atoms with Gasteiger partial charge >= 0.3 is 0 Å². The van der Waals surface area contributed by atoms with Gasteiger partial charge in [0, 0.05) is 30.5 Å². The Morgan fingerprint density at radius 2 is 1.73 bits per heavy atom. The van der Waals surface area contributed by atoms with Crippen LogP contribution in [-0.2, 0) is 14.8 Å². The number of benzene rings is 2. The van der Waals surface area contributed by atoms with E-state index in [-0.39, 0.29) is 27.9 Å². The summed E-state index contributed by atoms with van der Waals surface area (Å²) in [6.45, 7) is 1.56. The first-order valence-corrected chi connectivity index (χ1v) is 15.9. The Hall–Kier alpha value is -2.81. The van der Waals surface area contributed by atoms with E-state index in [0.717, 1.165) is 39.0 Å². The van der Waals surface area contributed by atoms with Gasteiger partial charge in [0.1, 0.15) is 0 Å². The number of hydrogen-bond donors (Lipinski definition) is 0. The molecule has 0 aliphatic carbocycles. The zero-order valence-corrected chi connectivity index (χ0v) is 26.6. The van der Waals surface area contributed by atoms with Gasteiger partial charge in [0.15, 0.2) is 11.5 Å². The summed E-state index contributed by atoms with van der Waals surface area (Å²) in [5.41, 5.74) is 3.65. The molecule has 13 heteroatoms. The molecular formula is C28H29BrN4O5S3. The van der Waals surface area contributed by atoms with Crippen molar-refractivity contribution in [3.8, 4) is 22.8 Å². The van der Waals surface area contributed by atoms with Crippen molar-refractivity contribution >= 4 is 60.5 Å². The van der Waals surface area contributed by atoms with Crippen LogP contribution in [0.3, 0.4) is 0 Å². The molecule has 6 rings (SSSR count). The van der Waals surface area contributed by atoms with E-state index in [0.29, 0.717) is 37.8 Å². The number of ether oxygens (including phenoxy) is 3. The number of thiophene rings is 1. The van der Waals surface area contributed by atoms with Gasteiger partial charge in [-0.3, -0.25) is 0 Å². The Labute approximate surface area is 257 Å². The molecule has 0 radical (unpaired) electrons. The van der Waals surface area contributed by atoms with Crippen molar-refractivity contribution in [3.05, 3.63) is 75.8 Å². The highest BCUT2D eigenvalue weighted by Crippen LogP contribution is 2.42. The lowest BCUT2D eigenvalue weighted by molar-refractivity contribution is 0.0730. The largest absolute Gasteiger partial charge is 0.493 e. The Balaban J connectivity index is 0.00000337. The van der Waals surface area contributed by atoms with Crippen molar-refractivity contribution in [2.24, 2.45) is 5.10 Å². The van der Waals surface area contributed by atoms with Crippen LogP contribution in [-0.4, -0.2) is 63.9 Å². The second-order valence-electron chi connectivity index (χ2n) is 9.26. The summed E-state index contributed by atoms with van der Waals surface area (Å²) >= 11 is 3.17. The van der Waals surface area contributed by atoms with E-state index in [9.17, 15) is 8.42 Å². The van der Waals surface area contributed by atoms with E-state index in [4.69, 9.17) is 24.3 Å². The third-order valence-corrected chi connectivity index (χ3v) is 10.6. The third kappa shape index (κ3) is 5.92. The smallest absolute Gasteiger partial charge is 0.243 e. The summed E-state index contributed by atoms with van der Waals surface area (Å²) in [7, 11) is -0.299. The Bertz CT molecular complexity index is 1620. The topological polar surface area (TPSA) is 93.6 Å². The highest BCUT2D eigenvalue weighted by Gasteiger charge is 2.33. The molecule has 0 saturated carbocycles. The number of nitrogens with zero attached hydrogens (tertiary/aromatic N) is 4. The van der Waals surface area contributed by atoms with E-state index in [1.54, 1.807) is 37.7 Å². The number of thiazole rings is 1. The average molecular weight is 678 g/mol. The molecule has 41 heavy (non-hydrogen) atoms. The van der Waals surface area contributed by atoms with Crippen LogP contribution in [0.1, 0.15) is 22.9 Å². The predicted octanol–water partition coefficient (Wildman–Crippen LogP) is 5.84. The van der Waals surface area contributed by atoms with Crippen molar-refractivity contribution in [2.45, 2.75) is 17.4 Å². The van der Waals surface area contributed by atoms with Crippen molar-refractivity contribution in [1.82, 2.24) is 9.29 Å². The molecule has 0 N–H and O–H groups in total. The summed E-state index contributed by atoms with van der Waals surface area (Å²) in [5, 5.41) is 11.8. The molecule has 1 fully saturated rings. The standard InChI is InChI=1S/C28H28N4O5S3.BrH/c1-35-25-10-7-20(16-26(25)36-2)24-17-22(27-4-3-15-38-27)30-32(24)28-29-23(18-39-28)19-5-8-21(9-6-19)40(33,34)31-11-13-37-14-12-31;/h3-10,15-16,18,24H,11-14,17H2,1-2H3;1H. The van der Waals surface area contributed by atoms with Crippen LogP contribution < -0.4 is 14.5 Å². The molecule has 1 unspecified atom stereocenters. The van der Waals surface area contributed by atoms with Gasteiger partial charge in [0.05, 0.1) is 54.7 Å². The van der Waals surface area contributed by atoms with E-state index < -0.39 is 10.0 Å². The molecule has 4 heterocycles. The minimum atomic E-state index is -3.55. The fourth-order valence-electron chi connectivity index (χ4n) is 4.83.